The average Bonchev–Trinajstić information content (AvgIpc) is 3.26. The van der Waals surface area contributed by atoms with Gasteiger partial charge in [-0.05, 0) is 55.2 Å². The second kappa shape index (κ2) is 12.2. The van der Waals surface area contributed by atoms with Gasteiger partial charge >= 0.3 is 5.97 Å². The minimum absolute atomic E-state index is 0.102. The van der Waals surface area contributed by atoms with Crippen LogP contribution in [0, 0.1) is 0 Å². The van der Waals surface area contributed by atoms with Crippen molar-refractivity contribution in [3.8, 4) is 5.75 Å². The number of thioether (sulfide) groups is 2. The summed E-state index contributed by atoms with van der Waals surface area (Å²) in [5.74, 6) is 1.03. The first-order valence-electron chi connectivity index (χ1n) is 10.6. The van der Waals surface area contributed by atoms with Crippen LogP contribution in [0.3, 0.4) is 0 Å². The fraction of sp³-hybridized carbons (Fsp3) is 0.333. The molecule has 0 unspecified atom stereocenters. The van der Waals surface area contributed by atoms with Crippen molar-refractivity contribution in [2.45, 2.75) is 53.8 Å². The highest BCUT2D eigenvalue weighted by Gasteiger charge is 2.16. The van der Waals surface area contributed by atoms with Gasteiger partial charge in [0.2, 0.25) is 0 Å². The number of nitrogens with zero attached hydrogens (tertiary/aromatic N) is 2. The van der Waals surface area contributed by atoms with Crippen LogP contribution in [-0.2, 0) is 22.7 Å². The molecule has 1 heterocycles. The van der Waals surface area contributed by atoms with Crippen LogP contribution in [0.15, 0.2) is 45.1 Å². The number of phenols is 1. The summed E-state index contributed by atoms with van der Waals surface area (Å²) in [6.45, 7) is 5.66. The van der Waals surface area contributed by atoms with E-state index < -0.39 is 0 Å². The van der Waals surface area contributed by atoms with Crippen LogP contribution in [0.2, 0.25) is 0 Å². The van der Waals surface area contributed by atoms with Crippen molar-refractivity contribution >= 4 is 46.6 Å². The number of phenolic OH excluding ortho intramolecular Hbond substituents is 1. The largest absolute Gasteiger partial charge is 0.507 e. The predicted octanol–water partition coefficient (Wildman–Crippen LogP) is 6.16. The maximum atomic E-state index is 11.7. The van der Waals surface area contributed by atoms with Crippen molar-refractivity contribution in [2.24, 2.45) is 0 Å². The third-order valence-electron chi connectivity index (χ3n) is 4.83. The maximum absolute atomic E-state index is 11.7. The van der Waals surface area contributed by atoms with Gasteiger partial charge < -0.3 is 9.84 Å². The van der Waals surface area contributed by atoms with E-state index in [4.69, 9.17) is 4.74 Å². The molecule has 0 aliphatic rings. The molecule has 33 heavy (non-hydrogen) atoms. The van der Waals surface area contributed by atoms with Crippen molar-refractivity contribution in [1.82, 2.24) is 10.2 Å². The van der Waals surface area contributed by atoms with Crippen LogP contribution in [0.4, 0.5) is 0 Å². The van der Waals surface area contributed by atoms with Gasteiger partial charge in [-0.25, -0.2) is 4.79 Å². The molecule has 0 aliphatic carbocycles. The molecule has 0 bridgehead atoms. The quantitative estimate of drug-likeness (QED) is 0.189. The number of hydrogen-bond acceptors (Lipinski definition) is 9. The van der Waals surface area contributed by atoms with Crippen LogP contribution >= 0.6 is 34.9 Å². The summed E-state index contributed by atoms with van der Waals surface area (Å²) in [5.41, 5.74) is 3.85. The van der Waals surface area contributed by atoms with E-state index in [0.717, 1.165) is 44.0 Å². The number of esters is 1. The highest BCUT2D eigenvalue weighted by atomic mass is 32.2. The normalized spacial score (nSPS) is 10.9. The Labute approximate surface area is 206 Å². The molecular weight excluding hydrogens is 476 g/mol. The van der Waals surface area contributed by atoms with E-state index in [1.54, 1.807) is 48.6 Å². The average molecular weight is 503 g/mol. The number of Topliss-reactive ketones (excluding diaryl/α,β-unsaturated/α-hetero) is 1. The molecule has 0 amide bonds. The first-order valence-corrected chi connectivity index (χ1v) is 13.4. The minimum atomic E-state index is -0.311. The van der Waals surface area contributed by atoms with E-state index in [2.05, 4.69) is 17.1 Å². The molecule has 0 spiro atoms. The number of rotatable bonds is 11. The van der Waals surface area contributed by atoms with Crippen molar-refractivity contribution in [3.05, 3.63) is 64.2 Å². The molecule has 0 fully saturated rings. The van der Waals surface area contributed by atoms with Crippen molar-refractivity contribution in [2.75, 3.05) is 6.61 Å². The van der Waals surface area contributed by atoms with Crippen LogP contribution in [-0.4, -0.2) is 33.7 Å². The zero-order valence-electron chi connectivity index (χ0n) is 18.8. The van der Waals surface area contributed by atoms with Crippen LogP contribution < -0.4 is 0 Å². The zero-order valence-corrected chi connectivity index (χ0v) is 21.2. The van der Waals surface area contributed by atoms with Gasteiger partial charge in [-0.1, -0.05) is 66.4 Å². The summed E-state index contributed by atoms with van der Waals surface area (Å²) in [4.78, 5) is 23.5. The Morgan fingerprint density at radius 1 is 1.00 bits per heavy atom. The Hall–Kier alpha value is -2.36. The summed E-state index contributed by atoms with van der Waals surface area (Å²) in [6.07, 6.45) is 1.60. The number of benzene rings is 2. The summed E-state index contributed by atoms with van der Waals surface area (Å²) in [5, 5.41) is 19.1. The van der Waals surface area contributed by atoms with Gasteiger partial charge in [-0.3, -0.25) is 4.79 Å². The van der Waals surface area contributed by atoms with E-state index in [1.165, 1.54) is 18.3 Å². The lowest BCUT2D eigenvalue weighted by Crippen LogP contribution is -2.04. The molecular formula is C24H26N2O4S3. The van der Waals surface area contributed by atoms with Crippen LogP contribution in [0.5, 0.6) is 5.75 Å². The molecule has 1 N–H and O–H groups in total. The molecule has 1 aromatic heterocycles. The Kier molecular flexibility index (Phi) is 9.34. The Bertz CT molecular complexity index is 1110. The summed E-state index contributed by atoms with van der Waals surface area (Å²) in [6, 6.07) is 11.0. The van der Waals surface area contributed by atoms with Crippen LogP contribution in [0.25, 0.3) is 0 Å². The summed E-state index contributed by atoms with van der Waals surface area (Å²) >= 11 is 4.70. The summed E-state index contributed by atoms with van der Waals surface area (Å²) in [7, 11) is 0. The van der Waals surface area contributed by atoms with Crippen molar-refractivity contribution < 1.29 is 19.4 Å². The van der Waals surface area contributed by atoms with Gasteiger partial charge in [-0.2, -0.15) is 0 Å². The Morgan fingerprint density at radius 3 is 2.27 bits per heavy atom. The van der Waals surface area contributed by atoms with E-state index in [0.29, 0.717) is 23.5 Å². The smallest absolute Gasteiger partial charge is 0.338 e. The van der Waals surface area contributed by atoms with E-state index >= 15 is 0 Å². The van der Waals surface area contributed by atoms with E-state index in [1.807, 2.05) is 18.2 Å². The maximum Gasteiger partial charge on any atom is 0.338 e. The molecule has 9 heteroatoms. The monoisotopic (exact) mass is 502 g/mol. The van der Waals surface area contributed by atoms with Gasteiger partial charge in [0.25, 0.3) is 0 Å². The minimum Gasteiger partial charge on any atom is -0.507 e. The SMILES string of the molecule is CCCc1c(CSc2nnc(SCc3ccc(C(=O)OCC)cc3)s2)ccc(C(C)=O)c1O. The fourth-order valence-electron chi connectivity index (χ4n) is 3.18. The number of aromatic nitrogens is 2. The van der Waals surface area contributed by atoms with Gasteiger partial charge in [0.15, 0.2) is 14.5 Å². The molecule has 3 aromatic rings. The van der Waals surface area contributed by atoms with Gasteiger partial charge in [0.1, 0.15) is 5.75 Å². The fourth-order valence-corrected chi connectivity index (χ4v) is 6.17. The third-order valence-corrected chi connectivity index (χ3v) is 8.14. The first kappa shape index (κ1) is 25.3. The second-order valence-electron chi connectivity index (χ2n) is 7.23. The number of ketones is 1. The standard InChI is InChI=1S/C24H26N2O4S3/c1-4-6-20-18(11-12-19(15(3)27)21(20)28)14-32-24-26-25-23(33-24)31-13-16-7-9-17(10-8-16)22(29)30-5-2/h7-12,28H,4-6,13-14H2,1-3H3. The number of aromatic hydroxyl groups is 1. The highest BCUT2D eigenvalue weighted by molar-refractivity contribution is 8.02. The first-order chi connectivity index (χ1) is 15.9. The van der Waals surface area contributed by atoms with Gasteiger partial charge in [-0.15, -0.1) is 10.2 Å². The lowest BCUT2D eigenvalue weighted by Gasteiger charge is -2.12. The number of carbonyl (C=O) groups is 2. The van der Waals surface area contributed by atoms with Crippen molar-refractivity contribution in [1.29, 1.82) is 0 Å². The molecule has 3 rings (SSSR count). The molecule has 6 nitrogen and oxygen atoms in total. The zero-order chi connectivity index (χ0) is 23.8. The highest BCUT2D eigenvalue weighted by Crippen LogP contribution is 2.35. The second-order valence-corrected chi connectivity index (χ2v) is 10.7. The molecule has 0 saturated carbocycles. The molecule has 174 valence electrons. The number of hydrogen-bond donors (Lipinski definition) is 1. The number of carbonyl (C=O) groups excluding carboxylic acids is 2. The Morgan fingerprint density at radius 2 is 1.67 bits per heavy atom. The van der Waals surface area contributed by atoms with E-state index in [-0.39, 0.29) is 17.5 Å². The van der Waals surface area contributed by atoms with Gasteiger partial charge in [0.05, 0.1) is 17.7 Å². The molecule has 0 saturated heterocycles. The van der Waals surface area contributed by atoms with E-state index in [9.17, 15) is 14.7 Å². The number of ether oxygens (including phenoxy) is 1. The van der Waals surface area contributed by atoms with Crippen molar-refractivity contribution in [3.63, 3.8) is 0 Å². The lowest BCUT2D eigenvalue weighted by atomic mass is 9.98. The Balaban J connectivity index is 1.59. The lowest BCUT2D eigenvalue weighted by molar-refractivity contribution is 0.0526. The molecule has 0 aliphatic heterocycles. The summed E-state index contributed by atoms with van der Waals surface area (Å²) < 4.78 is 6.73. The van der Waals surface area contributed by atoms with Crippen LogP contribution in [0.1, 0.15) is 64.6 Å². The molecule has 0 radical (unpaired) electrons. The third kappa shape index (κ3) is 6.82. The topological polar surface area (TPSA) is 89.4 Å². The van der Waals surface area contributed by atoms with Gasteiger partial charge in [0, 0.05) is 11.5 Å². The molecule has 2 aromatic carbocycles. The molecule has 0 atom stereocenters. The predicted molar refractivity (Wildman–Crippen MR) is 134 cm³/mol.